The van der Waals surface area contributed by atoms with Crippen LogP contribution in [-0.4, -0.2) is 28.0 Å². The zero-order valence-corrected chi connectivity index (χ0v) is 12.2. The highest BCUT2D eigenvalue weighted by atomic mass is 16.3. The number of aliphatic imine (C=N–C) groups is 1. The van der Waals surface area contributed by atoms with Gasteiger partial charge in [-0.2, -0.15) is 5.10 Å². The summed E-state index contributed by atoms with van der Waals surface area (Å²) in [6.45, 7) is 0. The van der Waals surface area contributed by atoms with Crippen molar-refractivity contribution >= 4 is 23.5 Å². The van der Waals surface area contributed by atoms with E-state index in [1.807, 2.05) is 24.3 Å². The van der Waals surface area contributed by atoms with Crippen LogP contribution >= 0.6 is 0 Å². The first-order chi connectivity index (χ1) is 11.1. The molecule has 0 spiro atoms. The topological polar surface area (TPSA) is 94.3 Å². The van der Waals surface area contributed by atoms with Gasteiger partial charge in [-0.15, -0.1) is 0 Å². The van der Waals surface area contributed by atoms with E-state index in [1.54, 1.807) is 6.07 Å². The number of amides is 1. The Kier molecular flexibility index (Phi) is 4.05. The maximum absolute atomic E-state index is 11.1. The zero-order valence-electron chi connectivity index (χ0n) is 12.2. The van der Waals surface area contributed by atoms with Gasteiger partial charge in [0, 0.05) is 30.7 Å². The summed E-state index contributed by atoms with van der Waals surface area (Å²) < 4.78 is 0. The average molecular weight is 309 g/mol. The molecule has 3 N–H and O–H groups in total. The van der Waals surface area contributed by atoms with Gasteiger partial charge < -0.3 is 10.2 Å². The number of benzene rings is 2. The number of hydrogen-bond donors (Lipinski definition) is 3. The molecule has 1 amide bonds. The van der Waals surface area contributed by atoms with Crippen LogP contribution in [0.1, 0.15) is 24.0 Å². The first-order valence-corrected chi connectivity index (χ1v) is 7.14. The van der Waals surface area contributed by atoms with Crippen LogP contribution in [0.25, 0.3) is 0 Å². The third-order valence-electron chi connectivity index (χ3n) is 3.47. The van der Waals surface area contributed by atoms with Crippen LogP contribution in [0.4, 0.5) is 5.69 Å². The standard InChI is InChI=1S/C17H15N3O3/c21-14-6-3-12(16(22)9-14)10-18-13-4-1-11(2-5-13)15-7-8-17(23)20-19-15/h1-6,9-10,21-22H,7-8H2,(H,20,23). The molecular formula is C17H15N3O3. The van der Waals surface area contributed by atoms with E-state index in [-0.39, 0.29) is 17.4 Å². The molecule has 116 valence electrons. The monoisotopic (exact) mass is 309 g/mol. The summed E-state index contributed by atoms with van der Waals surface area (Å²) in [7, 11) is 0. The first-order valence-electron chi connectivity index (χ1n) is 7.14. The largest absolute Gasteiger partial charge is 0.508 e. The predicted molar refractivity (Wildman–Crippen MR) is 87.4 cm³/mol. The molecule has 0 bridgehead atoms. The van der Waals surface area contributed by atoms with Gasteiger partial charge in [-0.1, -0.05) is 12.1 Å². The minimum Gasteiger partial charge on any atom is -0.508 e. The summed E-state index contributed by atoms with van der Waals surface area (Å²) in [5, 5.41) is 23.0. The number of hydrazone groups is 1. The van der Waals surface area contributed by atoms with Gasteiger partial charge in [0.25, 0.3) is 0 Å². The fourth-order valence-electron chi connectivity index (χ4n) is 2.21. The lowest BCUT2D eigenvalue weighted by molar-refractivity contribution is -0.121. The van der Waals surface area contributed by atoms with Gasteiger partial charge in [0.2, 0.25) is 5.91 Å². The third kappa shape index (κ3) is 3.55. The highest BCUT2D eigenvalue weighted by Gasteiger charge is 2.12. The lowest BCUT2D eigenvalue weighted by Crippen LogP contribution is -2.25. The van der Waals surface area contributed by atoms with Gasteiger partial charge in [0.15, 0.2) is 0 Å². The molecule has 0 fully saturated rings. The van der Waals surface area contributed by atoms with Crippen LogP contribution < -0.4 is 5.43 Å². The van der Waals surface area contributed by atoms with Gasteiger partial charge in [-0.3, -0.25) is 9.79 Å². The number of carbonyl (C=O) groups excluding carboxylic acids is 1. The molecule has 6 heteroatoms. The van der Waals surface area contributed by atoms with Crippen LogP contribution in [0.2, 0.25) is 0 Å². The van der Waals surface area contributed by atoms with Gasteiger partial charge >= 0.3 is 0 Å². The highest BCUT2D eigenvalue weighted by molar-refractivity contribution is 6.04. The van der Waals surface area contributed by atoms with Crippen LogP contribution in [0.15, 0.2) is 52.6 Å². The van der Waals surface area contributed by atoms with Crippen LogP contribution in [0, 0.1) is 0 Å². The van der Waals surface area contributed by atoms with E-state index in [0.29, 0.717) is 18.4 Å². The number of nitrogens with zero attached hydrogens (tertiary/aromatic N) is 2. The Hall–Kier alpha value is -3.15. The number of phenolic OH excluding ortho intramolecular Hbond substituents is 2. The van der Waals surface area contributed by atoms with Crippen molar-refractivity contribution in [3.05, 3.63) is 53.6 Å². The summed E-state index contributed by atoms with van der Waals surface area (Å²) in [5.74, 6) is -0.0919. The van der Waals surface area contributed by atoms with E-state index in [2.05, 4.69) is 15.5 Å². The van der Waals surface area contributed by atoms with E-state index in [1.165, 1.54) is 18.3 Å². The van der Waals surface area contributed by atoms with Crippen LogP contribution in [0.5, 0.6) is 11.5 Å². The Morgan fingerprint density at radius 3 is 2.52 bits per heavy atom. The summed E-state index contributed by atoms with van der Waals surface area (Å²) in [6.07, 6.45) is 2.59. The normalized spacial score (nSPS) is 14.6. The van der Waals surface area contributed by atoms with Crippen molar-refractivity contribution < 1.29 is 15.0 Å². The van der Waals surface area contributed by atoms with Crippen molar-refractivity contribution in [2.45, 2.75) is 12.8 Å². The van der Waals surface area contributed by atoms with Crippen molar-refractivity contribution in [1.29, 1.82) is 0 Å². The van der Waals surface area contributed by atoms with E-state index >= 15 is 0 Å². The number of aromatic hydroxyl groups is 2. The Morgan fingerprint density at radius 1 is 1.09 bits per heavy atom. The quantitative estimate of drug-likeness (QED) is 0.760. The Labute approximate surface area is 132 Å². The van der Waals surface area contributed by atoms with Crippen molar-refractivity contribution in [3.63, 3.8) is 0 Å². The second-order valence-corrected chi connectivity index (χ2v) is 5.14. The molecule has 0 saturated heterocycles. The minimum atomic E-state index is -0.0660. The molecule has 1 heterocycles. The number of hydrogen-bond acceptors (Lipinski definition) is 5. The summed E-state index contributed by atoms with van der Waals surface area (Å²) in [5.41, 5.74) is 5.50. The average Bonchev–Trinajstić information content (AvgIpc) is 2.55. The molecule has 0 aromatic heterocycles. The van der Waals surface area contributed by atoms with Crippen molar-refractivity contribution in [3.8, 4) is 11.5 Å². The lowest BCUT2D eigenvalue weighted by atomic mass is 10.0. The molecule has 3 rings (SSSR count). The van der Waals surface area contributed by atoms with Gasteiger partial charge in [-0.25, -0.2) is 5.43 Å². The Bertz CT molecular complexity index is 795. The SMILES string of the molecule is O=C1CCC(c2ccc(N=Cc3ccc(O)cc3O)cc2)=NN1. The van der Waals surface area contributed by atoms with Gasteiger partial charge in [-0.05, 0) is 29.8 Å². The molecule has 0 atom stereocenters. The zero-order chi connectivity index (χ0) is 16.2. The summed E-state index contributed by atoms with van der Waals surface area (Å²) in [4.78, 5) is 15.4. The van der Waals surface area contributed by atoms with E-state index < -0.39 is 0 Å². The molecule has 0 radical (unpaired) electrons. The second kappa shape index (κ2) is 6.31. The fourth-order valence-corrected chi connectivity index (χ4v) is 2.21. The number of phenols is 2. The molecule has 2 aromatic rings. The van der Waals surface area contributed by atoms with Crippen LogP contribution in [0.3, 0.4) is 0 Å². The molecule has 2 aromatic carbocycles. The van der Waals surface area contributed by atoms with E-state index in [9.17, 15) is 15.0 Å². The Morgan fingerprint density at radius 2 is 1.87 bits per heavy atom. The number of carbonyl (C=O) groups is 1. The van der Waals surface area contributed by atoms with Crippen molar-refractivity contribution in [1.82, 2.24) is 5.43 Å². The smallest absolute Gasteiger partial charge is 0.240 e. The summed E-state index contributed by atoms with van der Waals surface area (Å²) in [6, 6.07) is 11.8. The molecule has 0 unspecified atom stereocenters. The number of rotatable bonds is 3. The van der Waals surface area contributed by atoms with Crippen molar-refractivity contribution in [2.75, 3.05) is 0 Å². The third-order valence-corrected chi connectivity index (χ3v) is 3.47. The van der Waals surface area contributed by atoms with Crippen molar-refractivity contribution in [2.24, 2.45) is 10.1 Å². The highest BCUT2D eigenvalue weighted by Crippen LogP contribution is 2.22. The maximum atomic E-state index is 11.1. The molecule has 0 aliphatic carbocycles. The second-order valence-electron chi connectivity index (χ2n) is 5.14. The van der Waals surface area contributed by atoms with Crippen LogP contribution in [-0.2, 0) is 4.79 Å². The van der Waals surface area contributed by atoms with Gasteiger partial charge in [0.1, 0.15) is 11.5 Å². The molecule has 0 saturated carbocycles. The molecular weight excluding hydrogens is 294 g/mol. The molecule has 6 nitrogen and oxygen atoms in total. The fraction of sp³-hybridized carbons (Fsp3) is 0.118. The summed E-state index contributed by atoms with van der Waals surface area (Å²) >= 11 is 0. The number of nitrogens with one attached hydrogen (secondary N) is 1. The maximum Gasteiger partial charge on any atom is 0.240 e. The molecule has 23 heavy (non-hydrogen) atoms. The molecule has 1 aliphatic rings. The van der Waals surface area contributed by atoms with E-state index in [4.69, 9.17) is 0 Å². The molecule has 1 aliphatic heterocycles. The van der Waals surface area contributed by atoms with Gasteiger partial charge in [0.05, 0.1) is 11.4 Å². The first kappa shape index (κ1) is 14.8. The predicted octanol–water partition coefficient (Wildman–Crippen LogP) is 2.46. The van der Waals surface area contributed by atoms with E-state index in [0.717, 1.165) is 17.0 Å². The Balaban J connectivity index is 1.75. The minimum absolute atomic E-state index is 0.00403. The lowest BCUT2D eigenvalue weighted by Gasteiger charge is -2.11.